The fraction of sp³-hybridized carbons (Fsp3) is 0.184. The molecule has 8 heteroatoms. The first-order valence-electron chi connectivity index (χ1n) is 15.0. The Kier molecular flexibility index (Phi) is 9.97. The Morgan fingerprint density at radius 1 is 0.891 bits per heavy atom. The van der Waals surface area contributed by atoms with E-state index >= 15 is 0 Å². The molecule has 0 unspecified atom stereocenters. The van der Waals surface area contributed by atoms with Crippen LogP contribution in [0.5, 0.6) is 5.75 Å². The molecule has 0 fully saturated rings. The first-order chi connectivity index (χ1) is 22.2. The van der Waals surface area contributed by atoms with Crippen molar-refractivity contribution in [1.82, 2.24) is 20.3 Å². The maximum Gasteiger partial charge on any atom is 0.246 e. The molecule has 0 atom stereocenters. The number of amides is 2. The molecule has 0 radical (unpaired) electrons. The van der Waals surface area contributed by atoms with Gasteiger partial charge in [-0.3, -0.25) is 19.6 Å². The van der Waals surface area contributed by atoms with E-state index in [1.165, 1.54) is 6.08 Å². The number of likely N-dealkylation sites (N-methyl/N-ethyl adjacent to an activating group) is 1. The van der Waals surface area contributed by atoms with E-state index in [1.54, 1.807) is 36.6 Å². The number of aryl methyl sites for hydroxylation is 3. The first kappa shape index (κ1) is 31.8. The summed E-state index contributed by atoms with van der Waals surface area (Å²) in [6.45, 7) is 8.26. The van der Waals surface area contributed by atoms with E-state index < -0.39 is 0 Å². The molecule has 232 valence electrons. The number of anilines is 1. The van der Waals surface area contributed by atoms with E-state index in [-0.39, 0.29) is 18.4 Å². The Bertz CT molecular complexity index is 1930. The quantitative estimate of drug-likeness (QED) is 0.175. The van der Waals surface area contributed by atoms with Crippen LogP contribution in [0, 0.1) is 27.7 Å². The third-order valence-corrected chi connectivity index (χ3v) is 7.85. The van der Waals surface area contributed by atoms with Gasteiger partial charge in [-0.15, -0.1) is 0 Å². The number of hydrogen-bond donors (Lipinski definition) is 1. The highest BCUT2D eigenvalue weighted by Gasteiger charge is 2.17. The van der Waals surface area contributed by atoms with Crippen molar-refractivity contribution in [3.8, 4) is 5.75 Å². The lowest BCUT2D eigenvalue weighted by atomic mass is 10.0. The third-order valence-electron chi connectivity index (χ3n) is 7.85. The molecular formula is C38H37N5O3. The number of pyridine rings is 3. The molecule has 0 spiro atoms. The Morgan fingerprint density at radius 2 is 1.70 bits per heavy atom. The van der Waals surface area contributed by atoms with Crippen molar-refractivity contribution in [2.75, 3.05) is 18.5 Å². The average molecular weight is 612 g/mol. The van der Waals surface area contributed by atoms with Gasteiger partial charge in [-0.25, -0.2) is 4.98 Å². The number of rotatable bonds is 10. The smallest absolute Gasteiger partial charge is 0.246 e. The highest BCUT2D eigenvalue weighted by atomic mass is 16.5. The molecule has 5 aromatic rings. The molecule has 0 bridgehead atoms. The summed E-state index contributed by atoms with van der Waals surface area (Å²) in [4.78, 5) is 40.3. The van der Waals surface area contributed by atoms with Crippen molar-refractivity contribution in [3.63, 3.8) is 0 Å². The summed E-state index contributed by atoms with van der Waals surface area (Å²) in [6, 6.07) is 19.5. The second-order valence-electron chi connectivity index (χ2n) is 11.2. The lowest BCUT2D eigenvalue weighted by Crippen LogP contribution is -2.38. The number of para-hydroxylation sites is 1. The number of hydrogen-bond acceptors (Lipinski definition) is 6. The monoisotopic (exact) mass is 611 g/mol. The van der Waals surface area contributed by atoms with Crippen LogP contribution in [0.1, 0.15) is 44.8 Å². The van der Waals surface area contributed by atoms with Gasteiger partial charge in [0.15, 0.2) is 0 Å². The van der Waals surface area contributed by atoms with Gasteiger partial charge in [0.1, 0.15) is 17.9 Å². The van der Waals surface area contributed by atoms with E-state index in [2.05, 4.69) is 34.3 Å². The Hall–Kier alpha value is -5.63. The first-order valence-corrected chi connectivity index (χ1v) is 15.0. The molecule has 2 amide bonds. The van der Waals surface area contributed by atoms with E-state index in [4.69, 9.17) is 9.72 Å². The largest absolute Gasteiger partial charge is 0.487 e. The van der Waals surface area contributed by atoms with Crippen LogP contribution in [-0.4, -0.2) is 40.4 Å². The maximum absolute atomic E-state index is 13.1. The summed E-state index contributed by atoms with van der Waals surface area (Å²) in [5.41, 5.74) is 9.29. The Labute approximate surface area is 269 Å². The molecule has 2 aromatic carbocycles. The van der Waals surface area contributed by atoms with E-state index in [1.807, 2.05) is 81.5 Å². The summed E-state index contributed by atoms with van der Waals surface area (Å²) in [7, 11) is 1.71. The minimum absolute atomic E-state index is 0.143. The van der Waals surface area contributed by atoms with Crippen LogP contribution in [-0.2, 0) is 16.2 Å². The normalized spacial score (nSPS) is 11.3. The van der Waals surface area contributed by atoms with E-state index in [0.29, 0.717) is 6.61 Å². The molecule has 1 N–H and O–H groups in total. The predicted molar refractivity (Wildman–Crippen MR) is 184 cm³/mol. The van der Waals surface area contributed by atoms with Crippen molar-refractivity contribution < 1.29 is 14.3 Å². The molecule has 0 aliphatic rings. The van der Waals surface area contributed by atoms with Gasteiger partial charge in [0, 0.05) is 48.5 Å². The van der Waals surface area contributed by atoms with Gasteiger partial charge in [0.2, 0.25) is 11.8 Å². The number of aromatic nitrogens is 3. The third kappa shape index (κ3) is 7.71. The van der Waals surface area contributed by atoms with E-state index in [0.717, 1.165) is 67.1 Å². The van der Waals surface area contributed by atoms with Crippen LogP contribution < -0.4 is 15.0 Å². The zero-order valence-electron chi connectivity index (χ0n) is 26.7. The Morgan fingerprint density at radius 3 is 2.46 bits per heavy atom. The van der Waals surface area contributed by atoms with Gasteiger partial charge in [0.05, 0.1) is 12.2 Å². The molecule has 0 aliphatic heterocycles. The molecule has 3 aromatic heterocycles. The lowest BCUT2D eigenvalue weighted by Gasteiger charge is -2.23. The fourth-order valence-corrected chi connectivity index (χ4v) is 5.20. The number of carbonyl (C=O) groups excluding carboxylic acids is 2. The van der Waals surface area contributed by atoms with Crippen LogP contribution in [0.25, 0.3) is 29.1 Å². The minimum atomic E-state index is -0.368. The number of ether oxygens (including phenoxy) is 1. The van der Waals surface area contributed by atoms with Gasteiger partial charge in [-0.05, 0) is 110 Å². The summed E-state index contributed by atoms with van der Waals surface area (Å²) < 4.78 is 6.31. The summed E-state index contributed by atoms with van der Waals surface area (Å²) in [5, 5.41) is 3.75. The number of nitrogens with zero attached hydrogens (tertiary/aromatic N) is 4. The van der Waals surface area contributed by atoms with Crippen molar-refractivity contribution >= 4 is 46.6 Å². The van der Waals surface area contributed by atoms with Gasteiger partial charge < -0.3 is 15.0 Å². The van der Waals surface area contributed by atoms with Gasteiger partial charge in [0.25, 0.3) is 0 Å². The lowest BCUT2D eigenvalue weighted by molar-refractivity contribution is -0.122. The predicted octanol–water partition coefficient (Wildman–Crippen LogP) is 6.80. The molecule has 3 heterocycles. The van der Waals surface area contributed by atoms with Crippen molar-refractivity contribution in [2.45, 2.75) is 34.3 Å². The van der Waals surface area contributed by atoms with Crippen LogP contribution in [0.2, 0.25) is 0 Å². The van der Waals surface area contributed by atoms with Crippen LogP contribution >= 0.6 is 0 Å². The average Bonchev–Trinajstić information content (AvgIpc) is 3.06. The minimum Gasteiger partial charge on any atom is -0.487 e. The number of fused-ring (bicyclic) bond motifs is 1. The number of carbonyl (C=O) groups is 2. The molecule has 0 saturated carbocycles. The number of nitrogens with one attached hydrogen (secondary N) is 1. The summed E-state index contributed by atoms with van der Waals surface area (Å²) >= 11 is 0. The van der Waals surface area contributed by atoms with Gasteiger partial charge in [-0.2, -0.15) is 0 Å². The topological polar surface area (TPSA) is 97.3 Å². The van der Waals surface area contributed by atoms with Gasteiger partial charge >= 0.3 is 0 Å². The molecule has 46 heavy (non-hydrogen) atoms. The van der Waals surface area contributed by atoms with E-state index in [9.17, 15) is 9.59 Å². The zero-order valence-corrected chi connectivity index (χ0v) is 26.7. The highest BCUT2D eigenvalue weighted by Crippen LogP contribution is 2.30. The number of benzene rings is 2. The molecule has 5 rings (SSSR count). The fourth-order valence-electron chi connectivity index (χ4n) is 5.20. The van der Waals surface area contributed by atoms with Crippen LogP contribution in [0.3, 0.4) is 0 Å². The van der Waals surface area contributed by atoms with Crippen molar-refractivity contribution in [3.05, 3.63) is 130 Å². The van der Waals surface area contributed by atoms with Crippen molar-refractivity contribution in [2.24, 2.45) is 0 Å². The van der Waals surface area contributed by atoms with Gasteiger partial charge in [-0.1, -0.05) is 30.3 Å². The Balaban J connectivity index is 1.18. The molecule has 8 nitrogen and oxygen atoms in total. The SMILES string of the molecule is Cc1cc(C)c2cccc(OCc3c(C)ccc(N(C)C(=O)CNC(=O)C=Cc4ccc(C=Cc5ccncc5)nc4)c3C)c2n1. The highest BCUT2D eigenvalue weighted by molar-refractivity contribution is 5.99. The summed E-state index contributed by atoms with van der Waals surface area (Å²) in [6.07, 6.45) is 12.1. The maximum atomic E-state index is 13.1. The summed E-state index contributed by atoms with van der Waals surface area (Å²) in [5.74, 6) is 0.113. The zero-order chi connectivity index (χ0) is 32.6. The van der Waals surface area contributed by atoms with Crippen LogP contribution in [0.15, 0.2) is 85.3 Å². The molecular weight excluding hydrogens is 574 g/mol. The second kappa shape index (κ2) is 14.4. The molecule has 0 aliphatic carbocycles. The second-order valence-corrected chi connectivity index (χ2v) is 11.2. The standard InChI is InChI=1S/C38H37N5O3/c1-25-9-15-34(28(4)33(25)24-46-35-8-6-7-32-26(2)21-27(3)42-38(32)35)43(5)37(45)23-41-36(44)16-12-30-11-14-31(40-22-30)13-10-29-17-19-39-20-18-29/h6-22H,23-24H2,1-5H3,(H,41,44). The molecule has 0 saturated heterocycles. The van der Waals surface area contributed by atoms with Crippen molar-refractivity contribution in [1.29, 1.82) is 0 Å². The van der Waals surface area contributed by atoms with Crippen LogP contribution in [0.4, 0.5) is 5.69 Å².